The van der Waals surface area contributed by atoms with Crippen LogP contribution in [0.25, 0.3) is 0 Å². The number of aromatic nitrogens is 2. The van der Waals surface area contributed by atoms with E-state index >= 15 is 0 Å². The molecule has 0 spiro atoms. The first-order valence-corrected chi connectivity index (χ1v) is 6.53. The molecular formula is C11H16BrN3O. The minimum absolute atomic E-state index is 0.00993. The first-order valence-electron chi connectivity index (χ1n) is 5.61. The third-order valence-corrected chi connectivity index (χ3v) is 3.98. The second-order valence-electron chi connectivity index (χ2n) is 4.33. The molecule has 88 valence electrons. The topological polar surface area (TPSA) is 57.8 Å². The van der Waals surface area contributed by atoms with Crippen molar-refractivity contribution in [2.24, 2.45) is 0 Å². The molecule has 0 aromatic carbocycles. The van der Waals surface area contributed by atoms with Crippen molar-refractivity contribution >= 4 is 21.8 Å². The van der Waals surface area contributed by atoms with Crippen LogP contribution < -0.4 is 5.32 Å². The van der Waals surface area contributed by atoms with Crippen LogP contribution in [-0.4, -0.2) is 27.0 Å². The molecule has 0 aliphatic heterocycles. The molecule has 5 heteroatoms. The molecular weight excluding hydrogens is 270 g/mol. The van der Waals surface area contributed by atoms with Crippen LogP contribution in [0.2, 0.25) is 0 Å². The van der Waals surface area contributed by atoms with Crippen LogP contribution in [0.4, 0.5) is 0 Å². The molecule has 1 saturated carbocycles. The summed E-state index contributed by atoms with van der Waals surface area (Å²) in [6, 6.07) is 0.315. The molecule has 1 aliphatic rings. The molecule has 2 rings (SSSR count). The Labute approximate surface area is 103 Å². The number of nitrogens with one attached hydrogen (secondary N) is 2. The van der Waals surface area contributed by atoms with Gasteiger partial charge in [-0.3, -0.25) is 9.89 Å². The highest BCUT2D eigenvalue weighted by Gasteiger charge is 2.21. The van der Waals surface area contributed by atoms with E-state index < -0.39 is 0 Å². The summed E-state index contributed by atoms with van der Waals surface area (Å²) < 4.78 is 0. The number of carbonyl (C=O) groups is 1. The van der Waals surface area contributed by atoms with Gasteiger partial charge in [-0.2, -0.15) is 5.10 Å². The molecule has 0 atom stereocenters. The highest BCUT2D eigenvalue weighted by atomic mass is 79.9. The number of halogens is 1. The third kappa shape index (κ3) is 2.64. The minimum Gasteiger partial charge on any atom is -0.349 e. The lowest BCUT2D eigenvalue weighted by Crippen LogP contribution is -2.37. The van der Waals surface area contributed by atoms with Gasteiger partial charge in [0.1, 0.15) is 0 Å². The molecule has 0 bridgehead atoms. The Morgan fingerprint density at radius 1 is 1.50 bits per heavy atom. The Bertz CT molecular complexity index is 369. The average Bonchev–Trinajstić information content (AvgIpc) is 2.68. The lowest BCUT2D eigenvalue weighted by atomic mass is 9.95. The Morgan fingerprint density at radius 3 is 2.75 bits per heavy atom. The van der Waals surface area contributed by atoms with E-state index in [-0.39, 0.29) is 5.91 Å². The molecule has 1 aromatic rings. The normalized spacial score (nSPS) is 25.4. The summed E-state index contributed by atoms with van der Waals surface area (Å²) in [6.07, 6.45) is 5.96. The lowest BCUT2D eigenvalue weighted by Gasteiger charge is -2.25. The number of nitrogens with zero attached hydrogens (tertiary/aromatic N) is 1. The maximum Gasteiger partial charge on any atom is 0.254 e. The highest BCUT2D eigenvalue weighted by molar-refractivity contribution is 9.09. The molecule has 0 radical (unpaired) electrons. The van der Waals surface area contributed by atoms with E-state index in [2.05, 4.69) is 31.4 Å². The van der Waals surface area contributed by atoms with E-state index in [4.69, 9.17) is 0 Å². The SMILES string of the molecule is Cc1[nH]ncc1C(=O)NC1CCC(Br)CC1. The number of carbonyl (C=O) groups excluding carboxylic acids is 1. The van der Waals surface area contributed by atoms with Crippen molar-refractivity contribution in [3.05, 3.63) is 17.5 Å². The van der Waals surface area contributed by atoms with Crippen molar-refractivity contribution in [1.82, 2.24) is 15.5 Å². The number of alkyl halides is 1. The van der Waals surface area contributed by atoms with Crippen LogP contribution in [0.3, 0.4) is 0 Å². The zero-order valence-electron chi connectivity index (χ0n) is 9.29. The molecule has 1 amide bonds. The van der Waals surface area contributed by atoms with Crippen molar-refractivity contribution in [3.63, 3.8) is 0 Å². The second kappa shape index (κ2) is 4.99. The van der Waals surface area contributed by atoms with Crippen molar-refractivity contribution in [2.45, 2.75) is 43.5 Å². The van der Waals surface area contributed by atoms with Gasteiger partial charge in [-0.1, -0.05) is 15.9 Å². The molecule has 1 fully saturated rings. The van der Waals surface area contributed by atoms with Gasteiger partial charge in [-0.15, -0.1) is 0 Å². The average molecular weight is 286 g/mol. The molecule has 0 saturated heterocycles. The number of aryl methyl sites for hydroxylation is 1. The summed E-state index contributed by atoms with van der Waals surface area (Å²) in [7, 11) is 0. The van der Waals surface area contributed by atoms with Crippen molar-refractivity contribution < 1.29 is 4.79 Å². The summed E-state index contributed by atoms with van der Waals surface area (Å²) in [6.45, 7) is 1.86. The number of amides is 1. The van der Waals surface area contributed by atoms with Crippen LogP contribution >= 0.6 is 15.9 Å². The molecule has 1 aliphatic carbocycles. The van der Waals surface area contributed by atoms with Crippen LogP contribution in [0, 0.1) is 6.92 Å². The van der Waals surface area contributed by atoms with Gasteiger partial charge in [-0.25, -0.2) is 0 Å². The van der Waals surface area contributed by atoms with E-state index in [0.29, 0.717) is 16.4 Å². The number of rotatable bonds is 2. The third-order valence-electron chi connectivity index (χ3n) is 3.07. The first kappa shape index (κ1) is 11.6. The molecule has 1 aromatic heterocycles. The van der Waals surface area contributed by atoms with Gasteiger partial charge in [0.15, 0.2) is 0 Å². The van der Waals surface area contributed by atoms with E-state index in [1.54, 1.807) is 6.20 Å². The Morgan fingerprint density at radius 2 is 2.19 bits per heavy atom. The monoisotopic (exact) mass is 285 g/mol. The number of aromatic amines is 1. The van der Waals surface area contributed by atoms with Gasteiger partial charge in [0.2, 0.25) is 0 Å². The van der Waals surface area contributed by atoms with Crippen LogP contribution in [0.5, 0.6) is 0 Å². The molecule has 2 N–H and O–H groups in total. The summed E-state index contributed by atoms with van der Waals surface area (Å²) in [5.41, 5.74) is 1.48. The number of hydrogen-bond donors (Lipinski definition) is 2. The van der Waals surface area contributed by atoms with Crippen molar-refractivity contribution in [3.8, 4) is 0 Å². The summed E-state index contributed by atoms with van der Waals surface area (Å²) >= 11 is 3.60. The van der Waals surface area contributed by atoms with Crippen LogP contribution in [0.15, 0.2) is 6.20 Å². The van der Waals surface area contributed by atoms with E-state index in [1.165, 1.54) is 0 Å². The van der Waals surface area contributed by atoms with Crippen molar-refractivity contribution in [1.29, 1.82) is 0 Å². The summed E-state index contributed by atoms with van der Waals surface area (Å²) in [5, 5.41) is 9.69. The van der Waals surface area contributed by atoms with Gasteiger partial charge in [0.05, 0.1) is 11.8 Å². The van der Waals surface area contributed by atoms with Crippen LogP contribution in [0.1, 0.15) is 41.7 Å². The maximum absolute atomic E-state index is 11.9. The van der Waals surface area contributed by atoms with E-state index in [0.717, 1.165) is 31.4 Å². The first-order chi connectivity index (χ1) is 7.66. The number of hydrogen-bond acceptors (Lipinski definition) is 2. The molecule has 0 unspecified atom stereocenters. The van der Waals surface area contributed by atoms with Crippen LogP contribution in [-0.2, 0) is 0 Å². The molecule has 1 heterocycles. The van der Waals surface area contributed by atoms with Crippen molar-refractivity contribution in [2.75, 3.05) is 0 Å². The predicted octanol–water partition coefficient (Wildman–Crippen LogP) is 2.15. The van der Waals surface area contributed by atoms with Gasteiger partial charge in [0, 0.05) is 16.6 Å². The Hall–Kier alpha value is -0.840. The fraction of sp³-hybridized carbons (Fsp3) is 0.636. The molecule has 16 heavy (non-hydrogen) atoms. The predicted molar refractivity (Wildman–Crippen MR) is 65.8 cm³/mol. The highest BCUT2D eigenvalue weighted by Crippen LogP contribution is 2.24. The van der Waals surface area contributed by atoms with Gasteiger partial charge >= 0.3 is 0 Å². The summed E-state index contributed by atoms with van der Waals surface area (Å²) in [5.74, 6) is -0.00993. The van der Waals surface area contributed by atoms with Gasteiger partial charge in [0.25, 0.3) is 5.91 Å². The lowest BCUT2D eigenvalue weighted by molar-refractivity contribution is 0.0927. The minimum atomic E-state index is -0.00993. The smallest absolute Gasteiger partial charge is 0.254 e. The Balaban J connectivity index is 1.91. The molecule has 4 nitrogen and oxygen atoms in total. The van der Waals surface area contributed by atoms with Gasteiger partial charge < -0.3 is 5.32 Å². The fourth-order valence-electron chi connectivity index (χ4n) is 2.04. The van der Waals surface area contributed by atoms with Gasteiger partial charge in [-0.05, 0) is 32.6 Å². The van der Waals surface area contributed by atoms with E-state index in [9.17, 15) is 4.79 Å². The zero-order valence-corrected chi connectivity index (χ0v) is 10.9. The second-order valence-corrected chi connectivity index (χ2v) is 5.63. The fourth-order valence-corrected chi connectivity index (χ4v) is 2.57. The van der Waals surface area contributed by atoms with E-state index in [1.807, 2.05) is 6.92 Å². The number of H-pyrrole nitrogens is 1. The maximum atomic E-state index is 11.9. The quantitative estimate of drug-likeness (QED) is 0.818. The Kier molecular flexibility index (Phi) is 3.63. The zero-order chi connectivity index (χ0) is 11.5. The largest absolute Gasteiger partial charge is 0.349 e. The standard InChI is InChI=1S/C11H16BrN3O/c1-7-10(6-13-15-7)11(16)14-9-4-2-8(12)3-5-9/h6,8-9H,2-5H2,1H3,(H,13,15)(H,14,16). The summed E-state index contributed by atoms with van der Waals surface area (Å²) in [4.78, 5) is 12.5.